The van der Waals surface area contributed by atoms with Gasteiger partial charge in [0.1, 0.15) is 5.75 Å². The van der Waals surface area contributed by atoms with Crippen molar-refractivity contribution in [3.8, 4) is 17.1 Å². The van der Waals surface area contributed by atoms with Gasteiger partial charge in [-0.3, -0.25) is 9.36 Å². The minimum atomic E-state index is -0.402. The maximum Gasteiger partial charge on any atom is 0.227 e. The number of carbonyl (C=O) groups is 1. The largest absolute Gasteiger partial charge is 0.508 e. The molecule has 1 aromatic heterocycles. The molecule has 122 valence electrons. The monoisotopic (exact) mass is 340 g/mol. The van der Waals surface area contributed by atoms with Gasteiger partial charge in [-0.1, -0.05) is 42.1 Å². The molecule has 2 aromatic carbocycles. The maximum absolute atomic E-state index is 11.1. The van der Waals surface area contributed by atoms with Gasteiger partial charge in [-0.05, 0) is 29.8 Å². The number of amides is 1. The third kappa shape index (κ3) is 3.75. The molecule has 1 amide bonds. The van der Waals surface area contributed by atoms with E-state index in [4.69, 9.17) is 5.73 Å². The molecule has 7 heteroatoms. The quantitative estimate of drug-likeness (QED) is 0.671. The number of thioether (sulfide) groups is 1. The summed E-state index contributed by atoms with van der Waals surface area (Å²) in [5.74, 6) is 0.602. The van der Waals surface area contributed by atoms with E-state index in [1.54, 1.807) is 24.3 Å². The van der Waals surface area contributed by atoms with E-state index >= 15 is 0 Å². The lowest BCUT2D eigenvalue weighted by atomic mass is 10.2. The number of hydrogen-bond acceptors (Lipinski definition) is 5. The summed E-state index contributed by atoms with van der Waals surface area (Å²) in [4.78, 5) is 11.1. The summed E-state index contributed by atoms with van der Waals surface area (Å²) in [6.45, 7) is 0.575. The van der Waals surface area contributed by atoms with Gasteiger partial charge in [0.15, 0.2) is 11.0 Å². The van der Waals surface area contributed by atoms with Crippen molar-refractivity contribution in [3.63, 3.8) is 0 Å². The van der Waals surface area contributed by atoms with E-state index < -0.39 is 5.91 Å². The Morgan fingerprint density at radius 3 is 2.46 bits per heavy atom. The van der Waals surface area contributed by atoms with Crippen LogP contribution in [0.5, 0.6) is 5.75 Å². The third-order valence-electron chi connectivity index (χ3n) is 3.37. The highest BCUT2D eigenvalue weighted by Crippen LogP contribution is 2.26. The summed E-state index contributed by atoms with van der Waals surface area (Å²) in [5.41, 5.74) is 7.16. The molecule has 0 aliphatic rings. The smallest absolute Gasteiger partial charge is 0.227 e. The normalized spacial score (nSPS) is 10.7. The number of carbonyl (C=O) groups excluding carboxylic acids is 1. The number of hydrogen-bond donors (Lipinski definition) is 2. The van der Waals surface area contributed by atoms with Crippen LogP contribution in [0.1, 0.15) is 5.56 Å². The van der Waals surface area contributed by atoms with Gasteiger partial charge in [0, 0.05) is 5.56 Å². The number of nitrogens with zero attached hydrogens (tertiary/aromatic N) is 3. The second kappa shape index (κ2) is 7.18. The van der Waals surface area contributed by atoms with Crippen LogP contribution in [0.4, 0.5) is 0 Å². The van der Waals surface area contributed by atoms with E-state index in [-0.39, 0.29) is 11.5 Å². The molecule has 0 unspecified atom stereocenters. The number of aromatic hydroxyl groups is 1. The molecule has 0 radical (unpaired) electrons. The van der Waals surface area contributed by atoms with Crippen LogP contribution >= 0.6 is 11.8 Å². The zero-order chi connectivity index (χ0) is 16.9. The summed E-state index contributed by atoms with van der Waals surface area (Å²) < 4.78 is 1.94. The number of phenols is 1. The summed E-state index contributed by atoms with van der Waals surface area (Å²) in [5, 5.41) is 18.5. The van der Waals surface area contributed by atoms with Crippen LogP contribution in [-0.4, -0.2) is 31.5 Å². The van der Waals surface area contributed by atoms with Crippen molar-refractivity contribution in [3.05, 3.63) is 60.2 Å². The number of benzene rings is 2. The minimum Gasteiger partial charge on any atom is -0.508 e. The van der Waals surface area contributed by atoms with Gasteiger partial charge in [-0.2, -0.15) is 0 Å². The Balaban J connectivity index is 1.98. The molecule has 0 saturated heterocycles. The van der Waals surface area contributed by atoms with Crippen LogP contribution in [0.2, 0.25) is 0 Å². The number of nitrogens with two attached hydrogens (primary N) is 1. The van der Waals surface area contributed by atoms with E-state index in [2.05, 4.69) is 10.2 Å². The fraction of sp³-hybridized carbons (Fsp3) is 0.118. The predicted octanol–water partition coefficient (Wildman–Crippen LogP) is 2.28. The van der Waals surface area contributed by atoms with Gasteiger partial charge in [0.2, 0.25) is 5.91 Å². The third-order valence-corrected chi connectivity index (χ3v) is 4.36. The lowest BCUT2D eigenvalue weighted by Gasteiger charge is -2.10. The van der Waals surface area contributed by atoms with E-state index in [0.717, 1.165) is 11.1 Å². The van der Waals surface area contributed by atoms with E-state index in [0.29, 0.717) is 17.5 Å². The van der Waals surface area contributed by atoms with E-state index in [1.807, 2.05) is 34.9 Å². The molecular weight excluding hydrogens is 324 g/mol. The van der Waals surface area contributed by atoms with Crippen molar-refractivity contribution in [2.24, 2.45) is 5.73 Å². The highest BCUT2D eigenvalue weighted by molar-refractivity contribution is 7.99. The van der Waals surface area contributed by atoms with Crippen molar-refractivity contribution in [1.82, 2.24) is 14.8 Å². The average Bonchev–Trinajstić information content (AvgIpc) is 2.97. The van der Waals surface area contributed by atoms with Crippen LogP contribution in [-0.2, 0) is 11.3 Å². The first-order chi connectivity index (χ1) is 11.6. The first-order valence-corrected chi connectivity index (χ1v) is 8.29. The van der Waals surface area contributed by atoms with Crippen molar-refractivity contribution < 1.29 is 9.90 Å². The van der Waals surface area contributed by atoms with Gasteiger partial charge >= 0.3 is 0 Å². The molecule has 1 heterocycles. The number of phenolic OH excluding ortho intramolecular Hbond substituents is 1. The molecular formula is C17H16N4O2S. The van der Waals surface area contributed by atoms with Crippen molar-refractivity contribution >= 4 is 17.7 Å². The van der Waals surface area contributed by atoms with Crippen LogP contribution in [0.3, 0.4) is 0 Å². The van der Waals surface area contributed by atoms with E-state index in [9.17, 15) is 9.90 Å². The Bertz CT molecular complexity index is 832. The summed E-state index contributed by atoms with van der Waals surface area (Å²) in [7, 11) is 0. The fourth-order valence-corrected chi connectivity index (χ4v) is 2.94. The van der Waals surface area contributed by atoms with Gasteiger partial charge in [0.25, 0.3) is 0 Å². The van der Waals surface area contributed by atoms with Crippen molar-refractivity contribution in [1.29, 1.82) is 0 Å². The Morgan fingerprint density at radius 1 is 1.08 bits per heavy atom. The highest BCUT2D eigenvalue weighted by atomic mass is 32.2. The first-order valence-electron chi connectivity index (χ1n) is 7.31. The van der Waals surface area contributed by atoms with E-state index in [1.165, 1.54) is 11.8 Å². The summed E-state index contributed by atoms with van der Waals surface area (Å²) in [6.07, 6.45) is 0. The molecule has 6 nitrogen and oxygen atoms in total. The van der Waals surface area contributed by atoms with Gasteiger partial charge in [0.05, 0.1) is 12.3 Å². The molecule has 0 aliphatic carbocycles. The minimum absolute atomic E-state index is 0.141. The molecule has 0 spiro atoms. The fourth-order valence-electron chi connectivity index (χ4n) is 2.26. The van der Waals surface area contributed by atoms with Crippen molar-refractivity contribution in [2.45, 2.75) is 11.7 Å². The molecule has 0 aliphatic heterocycles. The number of aromatic nitrogens is 3. The topological polar surface area (TPSA) is 94.0 Å². The lowest BCUT2D eigenvalue weighted by Crippen LogP contribution is -2.14. The maximum atomic E-state index is 11.1. The SMILES string of the molecule is NC(=O)CSc1nnc(-c2ccc(O)cc2)n1Cc1ccccc1. The van der Waals surface area contributed by atoms with Crippen molar-refractivity contribution in [2.75, 3.05) is 5.75 Å². The second-order valence-corrected chi connectivity index (χ2v) is 6.12. The average molecular weight is 340 g/mol. The molecule has 0 atom stereocenters. The zero-order valence-corrected chi connectivity index (χ0v) is 13.6. The molecule has 3 aromatic rings. The Labute approximate surface area is 143 Å². The molecule has 24 heavy (non-hydrogen) atoms. The lowest BCUT2D eigenvalue weighted by molar-refractivity contribution is -0.115. The first kappa shape index (κ1) is 16.1. The van der Waals surface area contributed by atoms with Gasteiger partial charge in [-0.25, -0.2) is 0 Å². The standard InChI is InChI=1S/C17H16N4O2S/c18-15(23)11-24-17-20-19-16(13-6-8-14(22)9-7-13)21(17)10-12-4-2-1-3-5-12/h1-9,22H,10-11H2,(H2,18,23). The zero-order valence-electron chi connectivity index (χ0n) is 12.8. The number of primary amides is 1. The van der Waals surface area contributed by atoms with Gasteiger partial charge in [-0.15, -0.1) is 10.2 Å². The van der Waals surface area contributed by atoms with Crippen LogP contribution < -0.4 is 5.73 Å². The van der Waals surface area contributed by atoms with Crippen LogP contribution in [0, 0.1) is 0 Å². The molecule has 3 rings (SSSR count). The predicted molar refractivity (Wildman–Crippen MR) is 92.6 cm³/mol. The molecule has 0 bridgehead atoms. The Morgan fingerprint density at radius 2 is 1.79 bits per heavy atom. The van der Waals surface area contributed by atoms with Gasteiger partial charge < -0.3 is 10.8 Å². The molecule has 0 fully saturated rings. The highest BCUT2D eigenvalue weighted by Gasteiger charge is 2.15. The number of rotatable bonds is 6. The molecule has 0 saturated carbocycles. The Hall–Kier alpha value is -2.80. The summed E-state index contributed by atoms with van der Waals surface area (Å²) >= 11 is 1.26. The second-order valence-electron chi connectivity index (χ2n) is 5.18. The summed E-state index contributed by atoms with van der Waals surface area (Å²) in [6, 6.07) is 16.7. The van der Waals surface area contributed by atoms with Crippen LogP contribution in [0.15, 0.2) is 59.8 Å². The Kier molecular flexibility index (Phi) is 4.81. The molecule has 3 N–H and O–H groups in total. The van der Waals surface area contributed by atoms with Crippen LogP contribution in [0.25, 0.3) is 11.4 Å².